The van der Waals surface area contributed by atoms with E-state index in [9.17, 15) is 9.59 Å². The number of halogens is 1. The fourth-order valence-electron chi connectivity index (χ4n) is 2.22. The fraction of sp³-hybridized carbons (Fsp3) is 0.857. The maximum absolute atomic E-state index is 11.7. The summed E-state index contributed by atoms with van der Waals surface area (Å²) in [5, 5.41) is 2.88. The van der Waals surface area contributed by atoms with Gasteiger partial charge in [-0.1, -0.05) is 6.42 Å². The average molecular weight is 306 g/mol. The molecule has 20 heavy (non-hydrogen) atoms. The number of hydrogen-bond donors (Lipinski definition) is 2. The van der Waals surface area contributed by atoms with Crippen LogP contribution in [0.2, 0.25) is 0 Å². The Kier molecular flexibility index (Phi) is 10.5. The molecule has 1 aliphatic heterocycles. The third-order valence-electron chi connectivity index (χ3n) is 3.43. The van der Waals surface area contributed by atoms with Gasteiger partial charge in [-0.05, 0) is 32.6 Å². The van der Waals surface area contributed by atoms with Crippen LogP contribution < -0.4 is 11.1 Å². The zero-order chi connectivity index (χ0) is 14.1. The second-order valence-corrected chi connectivity index (χ2v) is 5.41. The minimum Gasteiger partial charge on any atom is -0.356 e. The minimum atomic E-state index is 0. The Morgan fingerprint density at radius 2 is 2.15 bits per heavy atom. The molecule has 0 aromatic rings. The van der Waals surface area contributed by atoms with Gasteiger partial charge in [0.25, 0.3) is 0 Å². The van der Waals surface area contributed by atoms with Crippen molar-refractivity contribution in [3.05, 3.63) is 0 Å². The van der Waals surface area contributed by atoms with Gasteiger partial charge >= 0.3 is 0 Å². The van der Waals surface area contributed by atoms with Crippen LogP contribution in [0.5, 0.6) is 0 Å². The Hall–Kier alpha value is -0.810. The molecule has 1 saturated heterocycles. The Labute approximate surface area is 128 Å². The lowest BCUT2D eigenvalue weighted by molar-refractivity contribution is -0.130. The van der Waals surface area contributed by atoms with Crippen LogP contribution >= 0.6 is 12.4 Å². The second-order valence-electron chi connectivity index (χ2n) is 5.41. The molecule has 118 valence electrons. The van der Waals surface area contributed by atoms with Crippen molar-refractivity contribution < 1.29 is 9.59 Å². The monoisotopic (exact) mass is 305 g/mol. The summed E-state index contributed by atoms with van der Waals surface area (Å²) in [4.78, 5) is 25.1. The lowest BCUT2D eigenvalue weighted by atomic mass is 10.2. The molecule has 1 aliphatic rings. The molecule has 0 aliphatic carbocycles. The number of carbonyl (C=O) groups excluding carboxylic acids is 2. The first-order valence-electron chi connectivity index (χ1n) is 7.39. The molecule has 0 spiro atoms. The van der Waals surface area contributed by atoms with Crippen LogP contribution in [-0.2, 0) is 9.59 Å². The highest BCUT2D eigenvalue weighted by molar-refractivity contribution is 5.85. The largest absolute Gasteiger partial charge is 0.356 e. The zero-order valence-electron chi connectivity index (χ0n) is 12.4. The number of amides is 2. The van der Waals surface area contributed by atoms with Crippen LogP contribution in [0.15, 0.2) is 0 Å². The van der Waals surface area contributed by atoms with Crippen molar-refractivity contribution in [3.63, 3.8) is 0 Å². The van der Waals surface area contributed by atoms with Crippen LogP contribution in [0.25, 0.3) is 0 Å². The summed E-state index contributed by atoms with van der Waals surface area (Å²) in [6.45, 7) is 4.17. The van der Waals surface area contributed by atoms with Gasteiger partial charge in [-0.3, -0.25) is 9.59 Å². The normalized spacial score (nSPS) is 17.1. The van der Waals surface area contributed by atoms with E-state index in [-0.39, 0.29) is 30.3 Å². The first kappa shape index (κ1) is 19.2. The lowest BCUT2D eigenvalue weighted by Crippen LogP contribution is -2.34. The number of carbonyl (C=O) groups is 2. The van der Waals surface area contributed by atoms with Crippen molar-refractivity contribution in [1.82, 2.24) is 10.2 Å². The van der Waals surface area contributed by atoms with Gasteiger partial charge in [-0.2, -0.15) is 0 Å². The SMILES string of the molecule is CC(N)CCC(=O)NCCCN1CCCCCC1=O.Cl. The summed E-state index contributed by atoms with van der Waals surface area (Å²) < 4.78 is 0. The van der Waals surface area contributed by atoms with Crippen molar-refractivity contribution in [2.24, 2.45) is 5.73 Å². The Morgan fingerprint density at radius 3 is 2.85 bits per heavy atom. The van der Waals surface area contributed by atoms with E-state index in [1.54, 1.807) is 0 Å². The van der Waals surface area contributed by atoms with Gasteiger partial charge in [-0.25, -0.2) is 0 Å². The lowest BCUT2D eigenvalue weighted by Gasteiger charge is -2.20. The maximum atomic E-state index is 11.7. The predicted octanol–water partition coefficient (Wildman–Crippen LogP) is 1.44. The highest BCUT2D eigenvalue weighted by atomic mass is 35.5. The third-order valence-corrected chi connectivity index (χ3v) is 3.43. The molecule has 5 nitrogen and oxygen atoms in total. The number of nitrogens with one attached hydrogen (secondary N) is 1. The summed E-state index contributed by atoms with van der Waals surface area (Å²) in [7, 11) is 0. The Morgan fingerprint density at radius 1 is 1.40 bits per heavy atom. The molecular formula is C14H28ClN3O2. The number of nitrogens with two attached hydrogens (primary N) is 1. The molecule has 2 amide bonds. The first-order chi connectivity index (χ1) is 9.09. The summed E-state index contributed by atoms with van der Waals surface area (Å²) in [6.07, 6.45) is 5.99. The molecule has 0 radical (unpaired) electrons. The molecular weight excluding hydrogens is 278 g/mol. The Bertz CT molecular complexity index is 298. The molecule has 1 unspecified atom stereocenters. The van der Waals surface area contributed by atoms with E-state index in [2.05, 4.69) is 5.32 Å². The summed E-state index contributed by atoms with van der Waals surface area (Å²) in [5.74, 6) is 0.320. The van der Waals surface area contributed by atoms with Crippen molar-refractivity contribution in [1.29, 1.82) is 0 Å². The van der Waals surface area contributed by atoms with Crippen LogP contribution in [0.1, 0.15) is 51.9 Å². The molecule has 1 fully saturated rings. The van der Waals surface area contributed by atoms with Gasteiger partial charge in [0.15, 0.2) is 0 Å². The van der Waals surface area contributed by atoms with Crippen molar-refractivity contribution in [3.8, 4) is 0 Å². The van der Waals surface area contributed by atoms with E-state index in [4.69, 9.17) is 5.73 Å². The van der Waals surface area contributed by atoms with E-state index in [0.29, 0.717) is 19.4 Å². The maximum Gasteiger partial charge on any atom is 0.222 e. The summed E-state index contributed by atoms with van der Waals surface area (Å²) in [6, 6.07) is 0.0699. The highest BCUT2D eigenvalue weighted by Gasteiger charge is 2.15. The number of likely N-dealkylation sites (tertiary alicyclic amines) is 1. The second kappa shape index (κ2) is 10.9. The predicted molar refractivity (Wildman–Crippen MR) is 82.8 cm³/mol. The van der Waals surface area contributed by atoms with Crippen LogP contribution in [-0.4, -0.2) is 42.4 Å². The molecule has 3 N–H and O–H groups in total. The van der Waals surface area contributed by atoms with E-state index >= 15 is 0 Å². The van der Waals surface area contributed by atoms with Crippen molar-refractivity contribution >= 4 is 24.2 Å². The molecule has 0 bridgehead atoms. The van der Waals surface area contributed by atoms with Crippen LogP contribution in [0, 0.1) is 0 Å². The zero-order valence-corrected chi connectivity index (χ0v) is 13.2. The summed E-state index contributed by atoms with van der Waals surface area (Å²) in [5.41, 5.74) is 5.60. The highest BCUT2D eigenvalue weighted by Crippen LogP contribution is 2.11. The number of rotatable bonds is 7. The average Bonchev–Trinajstić information content (AvgIpc) is 2.57. The molecule has 1 atom stereocenters. The van der Waals surface area contributed by atoms with Gasteiger partial charge in [0, 0.05) is 38.5 Å². The molecule has 0 aromatic heterocycles. The quantitative estimate of drug-likeness (QED) is 0.699. The van der Waals surface area contributed by atoms with E-state index in [1.165, 1.54) is 0 Å². The molecule has 0 saturated carbocycles. The first-order valence-corrected chi connectivity index (χ1v) is 7.39. The smallest absolute Gasteiger partial charge is 0.222 e. The van der Waals surface area contributed by atoms with Crippen molar-refractivity contribution in [2.45, 2.75) is 57.9 Å². The minimum absolute atomic E-state index is 0. The third kappa shape index (κ3) is 8.38. The van der Waals surface area contributed by atoms with Gasteiger partial charge in [0.05, 0.1) is 0 Å². The van der Waals surface area contributed by atoms with E-state index in [0.717, 1.165) is 45.2 Å². The van der Waals surface area contributed by atoms with E-state index in [1.807, 2.05) is 11.8 Å². The number of nitrogens with zero attached hydrogens (tertiary/aromatic N) is 1. The van der Waals surface area contributed by atoms with Gasteiger partial charge in [-0.15, -0.1) is 12.4 Å². The fourth-order valence-corrected chi connectivity index (χ4v) is 2.22. The van der Waals surface area contributed by atoms with Gasteiger partial charge < -0.3 is 16.0 Å². The van der Waals surface area contributed by atoms with Gasteiger partial charge in [0.1, 0.15) is 0 Å². The van der Waals surface area contributed by atoms with Crippen LogP contribution in [0.4, 0.5) is 0 Å². The van der Waals surface area contributed by atoms with E-state index < -0.39 is 0 Å². The number of hydrogen-bond acceptors (Lipinski definition) is 3. The molecule has 1 heterocycles. The standard InChI is InChI=1S/C14H27N3O2.ClH/c1-12(15)7-8-13(18)16-9-5-11-17-10-4-2-3-6-14(17)19;/h12H,2-11,15H2,1H3,(H,16,18);1H. The van der Waals surface area contributed by atoms with Crippen LogP contribution in [0.3, 0.4) is 0 Å². The van der Waals surface area contributed by atoms with Crippen molar-refractivity contribution in [2.75, 3.05) is 19.6 Å². The van der Waals surface area contributed by atoms with Gasteiger partial charge in [0.2, 0.25) is 11.8 Å². The topological polar surface area (TPSA) is 75.4 Å². The molecule has 6 heteroatoms. The Balaban J connectivity index is 0.00000361. The molecule has 0 aromatic carbocycles. The molecule has 1 rings (SSSR count). The summed E-state index contributed by atoms with van der Waals surface area (Å²) >= 11 is 0.